The standard InChI is InChI=1S/C8H15N3O/c1-5-6(2)8(12)11(4)10-7(3)9/h5H,1-4H3,(H2,9,10)/b6-5-. The lowest BCUT2D eigenvalue weighted by molar-refractivity contribution is -0.125. The molecule has 0 unspecified atom stereocenters. The molecule has 0 spiro atoms. The second-order valence-corrected chi connectivity index (χ2v) is 2.54. The van der Waals surface area contributed by atoms with Crippen molar-refractivity contribution in [3.8, 4) is 0 Å². The topological polar surface area (TPSA) is 58.7 Å². The Bertz CT molecular complexity index is 226. The number of hydrazone groups is 1. The highest BCUT2D eigenvalue weighted by Crippen LogP contribution is 1.98. The first-order valence-electron chi connectivity index (χ1n) is 3.70. The Morgan fingerprint density at radius 2 is 2.00 bits per heavy atom. The van der Waals surface area contributed by atoms with Crippen LogP contribution in [-0.4, -0.2) is 23.8 Å². The van der Waals surface area contributed by atoms with E-state index in [0.29, 0.717) is 11.4 Å². The molecule has 0 saturated carbocycles. The van der Waals surface area contributed by atoms with Gasteiger partial charge in [0, 0.05) is 12.6 Å². The Morgan fingerprint density at radius 1 is 1.50 bits per heavy atom. The summed E-state index contributed by atoms with van der Waals surface area (Å²) in [6, 6.07) is 0. The second kappa shape index (κ2) is 4.54. The fourth-order valence-electron chi connectivity index (χ4n) is 0.661. The third-order valence-corrected chi connectivity index (χ3v) is 1.37. The maximum atomic E-state index is 11.3. The van der Waals surface area contributed by atoms with E-state index in [4.69, 9.17) is 5.73 Å². The van der Waals surface area contributed by atoms with Gasteiger partial charge in [0.05, 0.1) is 0 Å². The van der Waals surface area contributed by atoms with Gasteiger partial charge in [-0.2, -0.15) is 5.10 Å². The van der Waals surface area contributed by atoms with Crippen molar-refractivity contribution in [1.29, 1.82) is 0 Å². The molecule has 1 amide bonds. The largest absolute Gasteiger partial charge is 0.386 e. The molecule has 12 heavy (non-hydrogen) atoms. The summed E-state index contributed by atoms with van der Waals surface area (Å²) in [4.78, 5) is 11.3. The quantitative estimate of drug-likeness (QED) is 0.286. The highest BCUT2D eigenvalue weighted by molar-refractivity contribution is 5.93. The van der Waals surface area contributed by atoms with Crippen molar-refractivity contribution in [3.63, 3.8) is 0 Å². The lowest BCUT2D eigenvalue weighted by Crippen LogP contribution is -2.25. The molecule has 0 saturated heterocycles. The predicted octanol–water partition coefficient (Wildman–Crippen LogP) is 0.703. The van der Waals surface area contributed by atoms with Gasteiger partial charge in [-0.1, -0.05) is 6.08 Å². The van der Waals surface area contributed by atoms with Crippen molar-refractivity contribution < 1.29 is 4.79 Å². The van der Waals surface area contributed by atoms with E-state index in [1.807, 2.05) is 0 Å². The number of amidine groups is 1. The van der Waals surface area contributed by atoms with E-state index in [1.54, 1.807) is 33.9 Å². The van der Waals surface area contributed by atoms with Crippen LogP contribution in [0.25, 0.3) is 0 Å². The third kappa shape index (κ3) is 3.18. The summed E-state index contributed by atoms with van der Waals surface area (Å²) < 4.78 is 0. The molecule has 68 valence electrons. The summed E-state index contributed by atoms with van der Waals surface area (Å²) in [5, 5.41) is 5.01. The van der Waals surface area contributed by atoms with Gasteiger partial charge in [0.2, 0.25) is 0 Å². The summed E-state index contributed by atoms with van der Waals surface area (Å²) in [5.41, 5.74) is 5.96. The van der Waals surface area contributed by atoms with Crippen molar-refractivity contribution in [1.82, 2.24) is 5.01 Å². The van der Waals surface area contributed by atoms with Gasteiger partial charge in [-0.05, 0) is 20.8 Å². The average molecular weight is 169 g/mol. The Kier molecular flexibility index (Phi) is 4.04. The zero-order chi connectivity index (χ0) is 9.72. The van der Waals surface area contributed by atoms with Gasteiger partial charge in [-0.25, -0.2) is 5.01 Å². The molecule has 0 aromatic carbocycles. The smallest absolute Gasteiger partial charge is 0.269 e. The van der Waals surface area contributed by atoms with Gasteiger partial charge in [0.25, 0.3) is 5.91 Å². The number of likely N-dealkylation sites (N-methyl/N-ethyl adjacent to an activating group) is 1. The summed E-state index contributed by atoms with van der Waals surface area (Å²) >= 11 is 0. The van der Waals surface area contributed by atoms with Crippen LogP contribution in [0.1, 0.15) is 20.8 Å². The zero-order valence-corrected chi connectivity index (χ0v) is 7.96. The van der Waals surface area contributed by atoms with Gasteiger partial charge >= 0.3 is 0 Å². The molecule has 0 rings (SSSR count). The minimum absolute atomic E-state index is 0.137. The Labute approximate surface area is 72.7 Å². The Morgan fingerprint density at radius 3 is 2.33 bits per heavy atom. The molecule has 0 radical (unpaired) electrons. The molecule has 0 atom stereocenters. The third-order valence-electron chi connectivity index (χ3n) is 1.37. The molecule has 0 aliphatic rings. The van der Waals surface area contributed by atoms with Crippen LogP contribution < -0.4 is 5.73 Å². The van der Waals surface area contributed by atoms with Crippen LogP contribution in [0.3, 0.4) is 0 Å². The van der Waals surface area contributed by atoms with E-state index < -0.39 is 0 Å². The summed E-state index contributed by atoms with van der Waals surface area (Å²) in [6.45, 7) is 5.18. The molecule has 0 aromatic heterocycles. The van der Waals surface area contributed by atoms with Gasteiger partial charge in [-0.3, -0.25) is 4.79 Å². The van der Waals surface area contributed by atoms with Crippen LogP contribution in [0.2, 0.25) is 0 Å². The maximum absolute atomic E-state index is 11.3. The summed E-state index contributed by atoms with van der Waals surface area (Å²) in [5.74, 6) is 0.233. The number of hydrogen-bond donors (Lipinski definition) is 1. The molecule has 0 aliphatic carbocycles. The molecule has 2 N–H and O–H groups in total. The van der Waals surface area contributed by atoms with Gasteiger partial charge in [0.1, 0.15) is 5.84 Å². The first kappa shape index (κ1) is 10.7. The van der Waals surface area contributed by atoms with Crippen LogP contribution >= 0.6 is 0 Å². The summed E-state index contributed by atoms with van der Waals surface area (Å²) in [7, 11) is 1.58. The average Bonchev–Trinajstić information content (AvgIpc) is 2.00. The van der Waals surface area contributed by atoms with E-state index in [9.17, 15) is 4.79 Å². The normalized spacial score (nSPS) is 13.0. The lowest BCUT2D eigenvalue weighted by Gasteiger charge is -2.10. The molecule has 4 heteroatoms. The number of amides is 1. The first-order chi connectivity index (χ1) is 5.49. The molecule has 4 nitrogen and oxygen atoms in total. The van der Waals surface area contributed by atoms with Crippen LogP contribution in [-0.2, 0) is 4.79 Å². The van der Waals surface area contributed by atoms with Crippen molar-refractivity contribution in [3.05, 3.63) is 11.6 Å². The highest BCUT2D eigenvalue weighted by atomic mass is 16.2. The number of rotatable bonds is 2. The van der Waals surface area contributed by atoms with Gasteiger partial charge in [-0.15, -0.1) is 0 Å². The SMILES string of the molecule is C/C=C(/C)C(=O)N(C)N=C(C)N. The van der Waals surface area contributed by atoms with Crippen molar-refractivity contribution in [2.75, 3.05) is 7.05 Å². The molecule has 0 aliphatic heterocycles. The minimum Gasteiger partial charge on any atom is -0.386 e. The summed E-state index contributed by atoms with van der Waals surface area (Å²) in [6.07, 6.45) is 1.74. The van der Waals surface area contributed by atoms with Gasteiger partial charge < -0.3 is 5.73 Å². The second-order valence-electron chi connectivity index (χ2n) is 2.54. The Balaban J connectivity index is 4.41. The molecule has 0 fully saturated rings. The van der Waals surface area contributed by atoms with Crippen LogP contribution in [0.5, 0.6) is 0 Å². The molecular weight excluding hydrogens is 154 g/mol. The fraction of sp³-hybridized carbons (Fsp3) is 0.500. The van der Waals surface area contributed by atoms with Crippen molar-refractivity contribution in [2.45, 2.75) is 20.8 Å². The first-order valence-corrected chi connectivity index (χ1v) is 3.70. The molecule has 0 heterocycles. The van der Waals surface area contributed by atoms with Crippen LogP contribution in [0.4, 0.5) is 0 Å². The molecule has 0 bridgehead atoms. The van der Waals surface area contributed by atoms with E-state index in [0.717, 1.165) is 0 Å². The van der Waals surface area contributed by atoms with E-state index in [-0.39, 0.29) is 5.91 Å². The van der Waals surface area contributed by atoms with Crippen molar-refractivity contribution in [2.24, 2.45) is 10.8 Å². The van der Waals surface area contributed by atoms with E-state index >= 15 is 0 Å². The van der Waals surface area contributed by atoms with Crippen LogP contribution in [0, 0.1) is 0 Å². The van der Waals surface area contributed by atoms with Crippen molar-refractivity contribution >= 4 is 11.7 Å². The maximum Gasteiger partial charge on any atom is 0.269 e. The number of carbonyl (C=O) groups excluding carboxylic acids is 1. The number of allylic oxidation sites excluding steroid dienone is 1. The number of carbonyl (C=O) groups is 1. The number of hydrogen-bond acceptors (Lipinski definition) is 2. The number of nitrogens with two attached hydrogens (primary N) is 1. The zero-order valence-electron chi connectivity index (χ0n) is 7.96. The minimum atomic E-state index is -0.137. The van der Waals surface area contributed by atoms with E-state index in [1.165, 1.54) is 5.01 Å². The van der Waals surface area contributed by atoms with E-state index in [2.05, 4.69) is 5.10 Å². The van der Waals surface area contributed by atoms with Gasteiger partial charge in [0.15, 0.2) is 0 Å². The molecule has 0 aromatic rings. The highest BCUT2D eigenvalue weighted by Gasteiger charge is 2.07. The number of nitrogens with zero attached hydrogens (tertiary/aromatic N) is 2. The van der Waals surface area contributed by atoms with Crippen LogP contribution in [0.15, 0.2) is 16.8 Å². The Hall–Kier alpha value is -1.32. The monoisotopic (exact) mass is 169 g/mol. The predicted molar refractivity (Wildman–Crippen MR) is 49.5 cm³/mol. The molecular formula is C8H15N3O. The fourth-order valence-corrected chi connectivity index (χ4v) is 0.661. The lowest BCUT2D eigenvalue weighted by atomic mass is 10.3.